The largest absolute Gasteiger partial charge is 0.416 e. The molecule has 0 saturated heterocycles. The van der Waals surface area contributed by atoms with Gasteiger partial charge in [0.2, 0.25) is 0 Å². The summed E-state index contributed by atoms with van der Waals surface area (Å²) >= 11 is 12.5. The molecule has 2 N–H and O–H groups in total. The number of carbonyl (C=O) groups is 2. The molecule has 15 heteroatoms. The third-order valence-corrected chi connectivity index (χ3v) is 6.51. The molecule has 0 atom stereocenters. The Morgan fingerprint density at radius 2 is 1.73 bits per heavy atom. The first-order chi connectivity index (χ1) is 19.4. The summed E-state index contributed by atoms with van der Waals surface area (Å²) in [5.41, 5.74) is 0.671. The minimum atomic E-state index is -4.53. The van der Waals surface area contributed by atoms with Gasteiger partial charge in [-0.25, -0.2) is 9.67 Å². The lowest BCUT2D eigenvalue weighted by Crippen LogP contribution is -2.23. The molecule has 2 aromatic carbocycles. The van der Waals surface area contributed by atoms with Crippen molar-refractivity contribution in [1.82, 2.24) is 35.1 Å². The molecular weight excluding hydrogens is 584 g/mol. The fourth-order valence-corrected chi connectivity index (χ4v) is 4.59. The van der Waals surface area contributed by atoms with E-state index in [2.05, 4.69) is 30.9 Å². The van der Waals surface area contributed by atoms with Gasteiger partial charge in [-0.3, -0.25) is 9.59 Å². The molecule has 0 aliphatic heterocycles. The molecule has 41 heavy (non-hydrogen) atoms. The number of aromatic nitrogens is 6. The van der Waals surface area contributed by atoms with Crippen LogP contribution in [-0.4, -0.2) is 48.6 Å². The molecule has 10 nitrogen and oxygen atoms in total. The van der Waals surface area contributed by atoms with Gasteiger partial charge in [0.15, 0.2) is 5.82 Å². The highest BCUT2D eigenvalue weighted by Gasteiger charge is 2.31. The molecule has 5 aromatic rings. The second-order valence-electron chi connectivity index (χ2n) is 8.85. The average Bonchev–Trinajstić information content (AvgIpc) is 3.52. The van der Waals surface area contributed by atoms with Crippen molar-refractivity contribution in [2.45, 2.75) is 19.6 Å². The smallest absolute Gasteiger partial charge is 0.355 e. The number of amides is 2. The number of nitrogens with one attached hydrogen (secondary N) is 2. The predicted octanol–water partition coefficient (Wildman–Crippen LogP) is 5.31. The van der Waals surface area contributed by atoms with Crippen LogP contribution in [-0.2, 0) is 12.7 Å². The van der Waals surface area contributed by atoms with Crippen molar-refractivity contribution in [3.8, 4) is 5.82 Å². The molecule has 0 radical (unpaired) electrons. The van der Waals surface area contributed by atoms with E-state index >= 15 is 0 Å². The van der Waals surface area contributed by atoms with Crippen LogP contribution in [0.2, 0.25) is 10.0 Å². The van der Waals surface area contributed by atoms with Gasteiger partial charge < -0.3 is 10.6 Å². The Bertz CT molecular complexity index is 1820. The van der Waals surface area contributed by atoms with E-state index in [4.69, 9.17) is 23.2 Å². The molecule has 0 fully saturated rings. The number of alkyl halides is 3. The SMILES string of the molecule is CNC(=O)c1cc(Cl)cc(C)c1NC(=O)c1cc(Cn2nc3ccc(C(F)(F)F)cc3n2)nn1-c1ncccc1Cl. The maximum atomic E-state index is 13.6. The zero-order valence-electron chi connectivity index (χ0n) is 21.3. The number of carbonyl (C=O) groups excluding carboxylic acids is 2. The van der Waals surface area contributed by atoms with Gasteiger partial charge in [-0.1, -0.05) is 23.2 Å². The zero-order valence-corrected chi connectivity index (χ0v) is 22.8. The molecule has 0 aliphatic carbocycles. The van der Waals surface area contributed by atoms with Gasteiger partial charge in [-0.15, -0.1) is 0 Å². The molecule has 0 unspecified atom stereocenters. The summed E-state index contributed by atoms with van der Waals surface area (Å²) in [5.74, 6) is -0.953. The average molecular weight is 603 g/mol. The topological polar surface area (TPSA) is 120 Å². The number of aryl methyl sites for hydroxylation is 1. The van der Waals surface area contributed by atoms with Gasteiger partial charge in [0.05, 0.1) is 27.5 Å². The van der Waals surface area contributed by atoms with Crippen LogP contribution in [0.15, 0.2) is 54.7 Å². The van der Waals surface area contributed by atoms with Crippen LogP contribution in [0.5, 0.6) is 0 Å². The summed E-state index contributed by atoms with van der Waals surface area (Å²) in [6, 6.07) is 10.7. The van der Waals surface area contributed by atoms with E-state index in [9.17, 15) is 22.8 Å². The van der Waals surface area contributed by atoms with Crippen LogP contribution < -0.4 is 10.6 Å². The summed E-state index contributed by atoms with van der Waals surface area (Å²) in [5, 5.41) is 18.6. The van der Waals surface area contributed by atoms with Crippen LogP contribution in [0.4, 0.5) is 18.9 Å². The maximum Gasteiger partial charge on any atom is 0.416 e. The van der Waals surface area contributed by atoms with Crippen LogP contribution in [0.1, 0.15) is 37.7 Å². The van der Waals surface area contributed by atoms with E-state index < -0.39 is 23.6 Å². The highest BCUT2D eigenvalue weighted by atomic mass is 35.5. The fourth-order valence-electron chi connectivity index (χ4n) is 4.12. The summed E-state index contributed by atoms with van der Waals surface area (Å²) in [6.45, 7) is 1.60. The molecule has 3 aromatic heterocycles. The number of benzene rings is 2. The molecule has 0 aliphatic rings. The lowest BCUT2D eigenvalue weighted by molar-refractivity contribution is -0.137. The normalized spacial score (nSPS) is 11.6. The molecular formula is C26H19Cl2F3N8O2. The van der Waals surface area contributed by atoms with Crippen molar-refractivity contribution in [3.63, 3.8) is 0 Å². The molecule has 3 heterocycles. The van der Waals surface area contributed by atoms with Crippen LogP contribution in [0.25, 0.3) is 16.9 Å². The minimum absolute atomic E-state index is 0.00822. The van der Waals surface area contributed by atoms with Crippen molar-refractivity contribution in [3.05, 3.63) is 92.9 Å². The second kappa shape index (κ2) is 10.8. The van der Waals surface area contributed by atoms with Crippen molar-refractivity contribution < 1.29 is 22.8 Å². The number of hydrogen-bond donors (Lipinski definition) is 2. The number of pyridine rings is 1. The third kappa shape index (κ3) is 5.72. The second-order valence-corrected chi connectivity index (χ2v) is 9.70. The summed E-state index contributed by atoms with van der Waals surface area (Å²) in [7, 11) is 1.45. The zero-order chi connectivity index (χ0) is 29.5. The lowest BCUT2D eigenvalue weighted by atomic mass is 10.1. The van der Waals surface area contributed by atoms with Crippen molar-refractivity contribution in [2.24, 2.45) is 0 Å². The third-order valence-electron chi connectivity index (χ3n) is 6.00. The van der Waals surface area contributed by atoms with Crippen molar-refractivity contribution in [2.75, 3.05) is 12.4 Å². The number of rotatable bonds is 6. The van der Waals surface area contributed by atoms with E-state index in [0.717, 1.165) is 12.1 Å². The van der Waals surface area contributed by atoms with E-state index in [1.165, 1.54) is 40.9 Å². The summed E-state index contributed by atoms with van der Waals surface area (Å²) in [4.78, 5) is 31.5. The molecule has 210 valence electrons. The van der Waals surface area contributed by atoms with Gasteiger partial charge in [-0.2, -0.15) is 33.3 Å². The van der Waals surface area contributed by atoms with Crippen LogP contribution in [0.3, 0.4) is 0 Å². The predicted molar refractivity (Wildman–Crippen MR) is 146 cm³/mol. The Morgan fingerprint density at radius 3 is 2.44 bits per heavy atom. The van der Waals surface area contributed by atoms with Gasteiger partial charge in [0.25, 0.3) is 11.8 Å². The van der Waals surface area contributed by atoms with E-state index in [1.807, 2.05) is 0 Å². The van der Waals surface area contributed by atoms with E-state index in [-0.39, 0.29) is 51.1 Å². The number of halogens is 5. The number of fused-ring (bicyclic) bond motifs is 1. The van der Waals surface area contributed by atoms with Crippen molar-refractivity contribution in [1.29, 1.82) is 0 Å². The highest BCUT2D eigenvalue weighted by molar-refractivity contribution is 6.32. The number of anilines is 1. The number of hydrogen-bond acceptors (Lipinski definition) is 6. The van der Waals surface area contributed by atoms with Gasteiger partial charge in [0, 0.05) is 18.3 Å². The maximum absolute atomic E-state index is 13.6. The highest BCUT2D eigenvalue weighted by Crippen LogP contribution is 2.31. The Labute approximate surface area is 240 Å². The van der Waals surface area contributed by atoms with Crippen LogP contribution >= 0.6 is 23.2 Å². The molecule has 0 saturated carbocycles. The van der Waals surface area contributed by atoms with Gasteiger partial charge in [-0.05, 0) is 61.0 Å². The first-order valence-corrected chi connectivity index (χ1v) is 12.7. The molecule has 5 rings (SSSR count). The minimum Gasteiger partial charge on any atom is -0.355 e. The first kappa shape index (κ1) is 28.1. The Hall–Kier alpha value is -4.49. The Balaban J connectivity index is 1.54. The monoisotopic (exact) mass is 602 g/mol. The van der Waals surface area contributed by atoms with Gasteiger partial charge in [0.1, 0.15) is 23.3 Å². The van der Waals surface area contributed by atoms with E-state index in [1.54, 1.807) is 25.1 Å². The van der Waals surface area contributed by atoms with Gasteiger partial charge >= 0.3 is 6.18 Å². The number of nitrogens with zero attached hydrogens (tertiary/aromatic N) is 6. The van der Waals surface area contributed by atoms with Crippen LogP contribution in [0, 0.1) is 6.92 Å². The Morgan fingerprint density at radius 1 is 0.976 bits per heavy atom. The quantitative estimate of drug-likeness (QED) is 0.272. The summed E-state index contributed by atoms with van der Waals surface area (Å²) in [6.07, 6.45) is -3.06. The lowest BCUT2D eigenvalue weighted by Gasteiger charge is -2.14. The standard InChI is InChI=1S/C26H19Cl2F3N8O2/c1-13-8-15(27)10-17(24(40)32-2)22(13)34-25(41)21-11-16(35-39(21)23-18(28)4-3-7-33-23)12-38-36-19-6-5-14(26(29,30)31)9-20(19)37-38/h3-11H,12H2,1-2H3,(H,32,40)(H,34,41). The Kier molecular flexibility index (Phi) is 7.41. The van der Waals surface area contributed by atoms with Crippen molar-refractivity contribution >= 4 is 51.7 Å². The molecule has 2 amide bonds. The van der Waals surface area contributed by atoms with E-state index in [0.29, 0.717) is 10.6 Å². The molecule has 0 spiro atoms. The summed E-state index contributed by atoms with van der Waals surface area (Å²) < 4.78 is 40.6. The first-order valence-electron chi connectivity index (χ1n) is 11.9. The fraction of sp³-hybridized carbons (Fsp3) is 0.154. The molecule has 0 bridgehead atoms.